The third kappa shape index (κ3) is 5.37. The Kier molecular flexibility index (Phi) is 6.00. The van der Waals surface area contributed by atoms with Crippen molar-refractivity contribution in [1.82, 2.24) is 0 Å². The highest BCUT2D eigenvalue weighted by Crippen LogP contribution is 2.17. The molecule has 0 aliphatic heterocycles. The predicted molar refractivity (Wildman–Crippen MR) is 58.8 cm³/mol. The molecular weight excluding hydrogens is 200 g/mol. The number of unbranched alkanes of at least 4 members (excludes halogenated alkanes) is 2. The quantitative estimate of drug-likeness (QED) is 0.668. The molecule has 0 aliphatic carbocycles. The fourth-order valence-corrected chi connectivity index (χ4v) is 2.65. The molecule has 0 saturated carbocycles. The van der Waals surface area contributed by atoms with Crippen molar-refractivity contribution < 1.29 is 14.1 Å². The summed E-state index contributed by atoms with van der Waals surface area (Å²) in [5.41, 5.74) is -0.864. The summed E-state index contributed by atoms with van der Waals surface area (Å²) in [5, 5.41) is 8.83. The Morgan fingerprint density at radius 1 is 1.36 bits per heavy atom. The second-order valence-electron chi connectivity index (χ2n) is 4.18. The van der Waals surface area contributed by atoms with Crippen LogP contribution in [-0.2, 0) is 15.6 Å². The van der Waals surface area contributed by atoms with E-state index in [1.54, 1.807) is 13.8 Å². The van der Waals surface area contributed by atoms with E-state index in [0.29, 0.717) is 5.75 Å². The van der Waals surface area contributed by atoms with Crippen molar-refractivity contribution in [2.24, 2.45) is 5.41 Å². The third-order valence-electron chi connectivity index (χ3n) is 2.08. The van der Waals surface area contributed by atoms with Gasteiger partial charge in [0.25, 0.3) is 0 Å². The Morgan fingerprint density at radius 3 is 2.36 bits per heavy atom. The maximum Gasteiger partial charge on any atom is 0.310 e. The summed E-state index contributed by atoms with van der Waals surface area (Å²) in [6.45, 7) is 5.32. The molecule has 0 spiro atoms. The first kappa shape index (κ1) is 13.6. The number of hydrogen-bond acceptors (Lipinski definition) is 2. The lowest BCUT2D eigenvalue weighted by Gasteiger charge is -2.17. The monoisotopic (exact) mass is 220 g/mol. The lowest BCUT2D eigenvalue weighted by Crippen LogP contribution is -2.30. The van der Waals surface area contributed by atoms with Gasteiger partial charge in [-0.2, -0.15) is 0 Å². The standard InChI is InChI=1S/C10H20O3S/c1-4-5-6-7-14(13)8-10(2,3)9(11)12/h4-8H2,1-3H3,(H,11,12). The number of rotatable bonds is 7. The van der Waals surface area contributed by atoms with Gasteiger partial charge in [0.15, 0.2) is 0 Å². The molecule has 0 bridgehead atoms. The van der Waals surface area contributed by atoms with Crippen molar-refractivity contribution in [2.45, 2.75) is 40.0 Å². The van der Waals surface area contributed by atoms with Crippen LogP contribution in [0, 0.1) is 5.41 Å². The van der Waals surface area contributed by atoms with Crippen LogP contribution in [0.25, 0.3) is 0 Å². The van der Waals surface area contributed by atoms with Gasteiger partial charge in [-0.3, -0.25) is 9.00 Å². The summed E-state index contributed by atoms with van der Waals surface area (Å²) in [6.07, 6.45) is 3.09. The lowest BCUT2D eigenvalue weighted by atomic mass is 9.97. The molecule has 0 amide bonds. The molecule has 0 rings (SSSR count). The molecule has 0 aromatic carbocycles. The van der Waals surface area contributed by atoms with Crippen LogP contribution >= 0.6 is 0 Å². The molecule has 0 radical (unpaired) electrons. The van der Waals surface area contributed by atoms with Gasteiger partial charge < -0.3 is 5.11 Å². The fraction of sp³-hybridized carbons (Fsp3) is 0.900. The first-order chi connectivity index (χ1) is 6.40. The van der Waals surface area contributed by atoms with Gasteiger partial charge in [-0.25, -0.2) is 0 Å². The first-order valence-corrected chi connectivity index (χ1v) is 6.47. The van der Waals surface area contributed by atoms with Gasteiger partial charge in [0, 0.05) is 22.3 Å². The van der Waals surface area contributed by atoms with Crippen molar-refractivity contribution in [3.8, 4) is 0 Å². The number of carbonyl (C=O) groups is 1. The summed E-state index contributed by atoms with van der Waals surface area (Å²) < 4.78 is 11.5. The van der Waals surface area contributed by atoms with E-state index in [9.17, 15) is 9.00 Å². The average molecular weight is 220 g/mol. The van der Waals surface area contributed by atoms with E-state index in [-0.39, 0.29) is 5.75 Å². The van der Waals surface area contributed by atoms with Crippen LogP contribution in [0.2, 0.25) is 0 Å². The molecular formula is C10H20O3S. The minimum atomic E-state index is -0.992. The van der Waals surface area contributed by atoms with Crippen LogP contribution in [-0.4, -0.2) is 26.8 Å². The number of carboxylic acid groups (broad SMARTS) is 1. The Balaban J connectivity index is 3.88. The summed E-state index contributed by atoms with van der Waals surface area (Å²) in [7, 11) is -0.992. The molecule has 0 aliphatic rings. The van der Waals surface area contributed by atoms with Gasteiger partial charge in [0.05, 0.1) is 5.41 Å². The molecule has 4 heteroatoms. The molecule has 1 N–H and O–H groups in total. The van der Waals surface area contributed by atoms with Gasteiger partial charge >= 0.3 is 5.97 Å². The van der Waals surface area contributed by atoms with E-state index in [4.69, 9.17) is 5.11 Å². The number of carboxylic acids is 1. The second-order valence-corrected chi connectivity index (χ2v) is 5.76. The Bertz CT molecular complexity index is 211. The molecule has 0 heterocycles. The van der Waals surface area contributed by atoms with Crippen molar-refractivity contribution >= 4 is 16.8 Å². The van der Waals surface area contributed by atoms with E-state index in [1.165, 1.54) is 0 Å². The summed E-state index contributed by atoms with van der Waals surface area (Å²) in [4.78, 5) is 10.8. The first-order valence-electron chi connectivity index (χ1n) is 4.98. The topological polar surface area (TPSA) is 54.4 Å². The molecule has 0 aromatic rings. The Labute approximate surface area is 88.4 Å². The predicted octanol–water partition coefficient (Wildman–Crippen LogP) is 2.04. The summed E-state index contributed by atoms with van der Waals surface area (Å²) in [5.74, 6) is 0.0118. The maximum atomic E-state index is 11.5. The van der Waals surface area contributed by atoms with Gasteiger partial charge in [-0.1, -0.05) is 19.8 Å². The minimum Gasteiger partial charge on any atom is -0.481 e. The van der Waals surface area contributed by atoms with Crippen LogP contribution < -0.4 is 0 Å². The van der Waals surface area contributed by atoms with E-state index < -0.39 is 22.2 Å². The van der Waals surface area contributed by atoms with Crippen LogP contribution in [0.1, 0.15) is 40.0 Å². The Morgan fingerprint density at radius 2 is 1.93 bits per heavy atom. The average Bonchev–Trinajstić information content (AvgIpc) is 2.03. The van der Waals surface area contributed by atoms with E-state index in [2.05, 4.69) is 6.92 Å². The third-order valence-corrected chi connectivity index (χ3v) is 3.86. The largest absolute Gasteiger partial charge is 0.481 e. The van der Waals surface area contributed by atoms with Crippen molar-refractivity contribution in [3.05, 3.63) is 0 Å². The smallest absolute Gasteiger partial charge is 0.310 e. The van der Waals surface area contributed by atoms with Crippen LogP contribution in [0.5, 0.6) is 0 Å². The SMILES string of the molecule is CCCCCS(=O)CC(C)(C)C(=O)O. The van der Waals surface area contributed by atoms with Crippen LogP contribution in [0.3, 0.4) is 0 Å². The van der Waals surface area contributed by atoms with Crippen molar-refractivity contribution in [3.63, 3.8) is 0 Å². The molecule has 0 saturated heterocycles. The second kappa shape index (κ2) is 6.17. The highest BCUT2D eigenvalue weighted by molar-refractivity contribution is 7.85. The Hall–Kier alpha value is -0.380. The minimum absolute atomic E-state index is 0.256. The number of aliphatic carboxylic acids is 1. The zero-order chi connectivity index (χ0) is 11.2. The van der Waals surface area contributed by atoms with Gasteiger partial charge in [0.2, 0.25) is 0 Å². The summed E-state index contributed by atoms with van der Waals surface area (Å²) in [6, 6.07) is 0. The zero-order valence-corrected chi connectivity index (χ0v) is 10.0. The molecule has 0 fully saturated rings. The van der Waals surface area contributed by atoms with E-state index >= 15 is 0 Å². The zero-order valence-electron chi connectivity index (χ0n) is 9.21. The molecule has 1 unspecified atom stereocenters. The van der Waals surface area contributed by atoms with Crippen molar-refractivity contribution in [2.75, 3.05) is 11.5 Å². The van der Waals surface area contributed by atoms with Gasteiger partial charge in [0.1, 0.15) is 0 Å². The molecule has 14 heavy (non-hydrogen) atoms. The highest BCUT2D eigenvalue weighted by Gasteiger charge is 2.29. The fourth-order valence-electron chi connectivity index (χ4n) is 1.05. The molecule has 0 aromatic heterocycles. The van der Waals surface area contributed by atoms with Gasteiger partial charge in [-0.05, 0) is 20.3 Å². The molecule has 1 atom stereocenters. The maximum absolute atomic E-state index is 11.5. The van der Waals surface area contributed by atoms with Gasteiger partial charge in [-0.15, -0.1) is 0 Å². The lowest BCUT2D eigenvalue weighted by molar-refractivity contribution is -0.145. The number of hydrogen-bond donors (Lipinski definition) is 1. The highest BCUT2D eigenvalue weighted by atomic mass is 32.2. The van der Waals surface area contributed by atoms with Crippen LogP contribution in [0.15, 0.2) is 0 Å². The van der Waals surface area contributed by atoms with Crippen LogP contribution in [0.4, 0.5) is 0 Å². The molecule has 3 nitrogen and oxygen atoms in total. The van der Waals surface area contributed by atoms with E-state index in [0.717, 1.165) is 19.3 Å². The van der Waals surface area contributed by atoms with E-state index in [1.807, 2.05) is 0 Å². The van der Waals surface area contributed by atoms with Crippen molar-refractivity contribution in [1.29, 1.82) is 0 Å². The normalized spacial score (nSPS) is 13.9. The summed E-state index contributed by atoms with van der Waals surface area (Å²) >= 11 is 0. The molecule has 84 valence electrons.